The standard InChI is InChI=1S/C22H24N2O3/c25-20(19-12-22(13-19)14-27-21(26)23-22)24-9-7-16(8-10-24)18-6-5-15-3-1-2-4-17(15)11-18/h1-6,11,16,19H,7-10,12-14H2,(H,23,26). The lowest BCUT2D eigenvalue weighted by molar-refractivity contribution is -0.142. The Labute approximate surface area is 158 Å². The zero-order valence-electron chi connectivity index (χ0n) is 15.3. The van der Waals surface area contributed by atoms with E-state index in [-0.39, 0.29) is 23.5 Å². The van der Waals surface area contributed by atoms with E-state index in [0.717, 1.165) is 25.9 Å². The van der Waals surface area contributed by atoms with Crippen LogP contribution in [-0.2, 0) is 9.53 Å². The number of likely N-dealkylation sites (tertiary alicyclic amines) is 1. The highest BCUT2D eigenvalue weighted by molar-refractivity contribution is 5.83. The van der Waals surface area contributed by atoms with Gasteiger partial charge >= 0.3 is 6.09 Å². The Hall–Kier alpha value is -2.56. The molecule has 1 saturated carbocycles. The van der Waals surface area contributed by atoms with Crippen LogP contribution in [0.5, 0.6) is 0 Å². The van der Waals surface area contributed by atoms with E-state index in [1.54, 1.807) is 0 Å². The van der Waals surface area contributed by atoms with Gasteiger partial charge in [0.1, 0.15) is 6.61 Å². The number of hydrogen-bond donors (Lipinski definition) is 1. The maximum atomic E-state index is 12.8. The number of hydrogen-bond acceptors (Lipinski definition) is 3. The molecule has 1 spiro atoms. The number of rotatable bonds is 2. The molecule has 2 heterocycles. The van der Waals surface area contributed by atoms with Crippen molar-refractivity contribution in [1.82, 2.24) is 10.2 Å². The molecule has 0 bridgehead atoms. The topological polar surface area (TPSA) is 58.6 Å². The molecule has 1 N–H and O–H groups in total. The van der Waals surface area contributed by atoms with Crippen LogP contribution in [0, 0.1) is 5.92 Å². The summed E-state index contributed by atoms with van der Waals surface area (Å²) in [6.07, 6.45) is 3.10. The summed E-state index contributed by atoms with van der Waals surface area (Å²) >= 11 is 0. The molecule has 0 atom stereocenters. The minimum Gasteiger partial charge on any atom is -0.447 e. The third-order valence-electron chi connectivity index (χ3n) is 6.52. The number of amides is 2. The van der Waals surface area contributed by atoms with Crippen molar-refractivity contribution in [3.63, 3.8) is 0 Å². The molecule has 2 aromatic rings. The van der Waals surface area contributed by atoms with Gasteiger partial charge in [0, 0.05) is 19.0 Å². The third-order valence-corrected chi connectivity index (χ3v) is 6.52. The summed E-state index contributed by atoms with van der Waals surface area (Å²) in [4.78, 5) is 26.1. The quantitative estimate of drug-likeness (QED) is 0.888. The van der Waals surface area contributed by atoms with Crippen LogP contribution < -0.4 is 5.32 Å². The average Bonchev–Trinajstić information content (AvgIpc) is 3.08. The van der Waals surface area contributed by atoms with Crippen molar-refractivity contribution >= 4 is 22.8 Å². The Balaban J connectivity index is 1.19. The van der Waals surface area contributed by atoms with E-state index in [9.17, 15) is 9.59 Å². The Bertz CT molecular complexity index is 895. The van der Waals surface area contributed by atoms with Crippen molar-refractivity contribution in [2.75, 3.05) is 19.7 Å². The van der Waals surface area contributed by atoms with Crippen molar-refractivity contribution < 1.29 is 14.3 Å². The number of piperidine rings is 1. The number of carbonyl (C=O) groups excluding carboxylic acids is 2. The van der Waals surface area contributed by atoms with Gasteiger partial charge in [-0.2, -0.15) is 0 Å². The maximum Gasteiger partial charge on any atom is 0.407 e. The van der Waals surface area contributed by atoms with Crippen LogP contribution in [-0.4, -0.2) is 42.1 Å². The fourth-order valence-corrected chi connectivity index (χ4v) is 4.92. The van der Waals surface area contributed by atoms with Gasteiger partial charge in [-0.1, -0.05) is 42.5 Å². The molecular weight excluding hydrogens is 340 g/mol. The predicted molar refractivity (Wildman–Crippen MR) is 102 cm³/mol. The average molecular weight is 364 g/mol. The second-order valence-electron chi connectivity index (χ2n) is 8.29. The van der Waals surface area contributed by atoms with Crippen molar-refractivity contribution in [2.24, 2.45) is 5.92 Å². The molecule has 5 nitrogen and oxygen atoms in total. The van der Waals surface area contributed by atoms with Gasteiger partial charge < -0.3 is 15.0 Å². The smallest absolute Gasteiger partial charge is 0.407 e. The lowest BCUT2D eigenvalue weighted by atomic mass is 9.68. The fraction of sp³-hybridized carbons (Fsp3) is 0.455. The first kappa shape index (κ1) is 16.6. The molecule has 0 radical (unpaired) electrons. The van der Waals surface area contributed by atoms with Crippen molar-refractivity contribution in [2.45, 2.75) is 37.1 Å². The highest BCUT2D eigenvalue weighted by Gasteiger charge is 2.53. The van der Waals surface area contributed by atoms with Gasteiger partial charge in [-0.05, 0) is 47.9 Å². The first-order valence-electron chi connectivity index (χ1n) is 9.84. The molecule has 3 aliphatic rings. The van der Waals surface area contributed by atoms with Crippen molar-refractivity contribution in [3.05, 3.63) is 48.0 Å². The van der Waals surface area contributed by atoms with Crippen LogP contribution in [0.3, 0.4) is 0 Å². The van der Waals surface area contributed by atoms with Crippen LogP contribution in [0.15, 0.2) is 42.5 Å². The number of cyclic esters (lactones) is 1. The molecule has 5 heteroatoms. The van der Waals surface area contributed by atoms with Crippen LogP contribution in [0.4, 0.5) is 4.79 Å². The molecule has 5 rings (SSSR count). The number of carbonyl (C=O) groups is 2. The summed E-state index contributed by atoms with van der Waals surface area (Å²) in [5.74, 6) is 0.803. The maximum absolute atomic E-state index is 12.8. The molecule has 2 aliphatic heterocycles. The second-order valence-corrected chi connectivity index (χ2v) is 8.29. The largest absolute Gasteiger partial charge is 0.447 e. The van der Waals surface area contributed by atoms with Gasteiger partial charge in [0.25, 0.3) is 0 Å². The Morgan fingerprint density at radius 3 is 2.52 bits per heavy atom. The molecule has 27 heavy (non-hydrogen) atoms. The van der Waals surface area contributed by atoms with E-state index in [1.165, 1.54) is 16.3 Å². The number of fused-ring (bicyclic) bond motifs is 1. The van der Waals surface area contributed by atoms with E-state index < -0.39 is 0 Å². The first-order chi connectivity index (χ1) is 13.1. The molecule has 0 unspecified atom stereocenters. The normalized spacial score (nSPS) is 28.1. The second kappa shape index (κ2) is 6.25. The summed E-state index contributed by atoms with van der Waals surface area (Å²) < 4.78 is 5.00. The summed E-state index contributed by atoms with van der Waals surface area (Å²) in [6, 6.07) is 15.2. The van der Waals surface area contributed by atoms with Crippen molar-refractivity contribution in [3.8, 4) is 0 Å². The van der Waals surface area contributed by atoms with E-state index in [0.29, 0.717) is 25.4 Å². The van der Waals surface area contributed by atoms with Gasteiger partial charge in [-0.15, -0.1) is 0 Å². The van der Waals surface area contributed by atoms with Crippen LogP contribution in [0.1, 0.15) is 37.2 Å². The number of nitrogens with zero attached hydrogens (tertiary/aromatic N) is 1. The van der Waals surface area contributed by atoms with Gasteiger partial charge in [0.05, 0.1) is 5.54 Å². The van der Waals surface area contributed by atoms with Crippen LogP contribution in [0.25, 0.3) is 10.8 Å². The number of nitrogens with one attached hydrogen (secondary N) is 1. The number of ether oxygens (including phenoxy) is 1. The van der Waals surface area contributed by atoms with Gasteiger partial charge in [-0.25, -0.2) is 4.79 Å². The summed E-state index contributed by atoms with van der Waals surface area (Å²) in [5.41, 5.74) is 1.11. The molecule has 1 aliphatic carbocycles. The minimum absolute atomic E-state index is 0.0317. The number of benzene rings is 2. The highest BCUT2D eigenvalue weighted by Crippen LogP contribution is 2.42. The summed E-state index contributed by atoms with van der Waals surface area (Å²) in [6.45, 7) is 2.05. The highest BCUT2D eigenvalue weighted by atomic mass is 16.6. The molecule has 0 aromatic heterocycles. The lowest BCUT2D eigenvalue weighted by Crippen LogP contribution is -2.58. The van der Waals surface area contributed by atoms with E-state index in [2.05, 4.69) is 47.8 Å². The fourth-order valence-electron chi connectivity index (χ4n) is 4.92. The summed E-state index contributed by atoms with van der Waals surface area (Å²) in [7, 11) is 0. The molecular formula is C22H24N2O3. The third kappa shape index (κ3) is 2.95. The van der Waals surface area contributed by atoms with Gasteiger partial charge in [0.15, 0.2) is 0 Å². The van der Waals surface area contributed by atoms with Gasteiger partial charge in [0.2, 0.25) is 5.91 Å². The zero-order valence-corrected chi connectivity index (χ0v) is 15.3. The lowest BCUT2D eigenvalue weighted by Gasteiger charge is -2.45. The van der Waals surface area contributed by atoms with Crippen molar-refractivity contribution in [1.29, 1.82) is 0 Å². The van der Waals surface area contributed by atoms with Gasteiger partial charge in [-0.3, -0.25) is 4.79 Å². The molecule has 140 valence electrons. The van der Waals surface area contributed by atoms with Crippen LogP contribution in [0.2, 0.25) is 0 Å². The molecule has 3 fully saturated rings. The molecule has 2 saturated heterocycles. The Morgan fingerprint density at radius 2 is 1.81 bits per heavy atom. The van der Waals surface area contributed by atoms with Crippen LogP contribution >= 0.6 is 0 Å². The zero-order chi connectivity index (χ0) is 18.4. The Morgan fingerprint density at radius 1 is 1.07 bits per heavy atom. The first-order valence-corrected chi connectivity index (χ1v) is 9.84. The van der Waals surface area contributed by atoms with E-state index in [1.807, 2.05) is 4.90 Å². The summed E-state index contributed by atoms with van der Waals surface area (Å²) in [5, 5.41) is 5.43. The van der Waals surface area contributed by atoms with E-state index >= 15 is 0 Å². The number of alkyl carbamates (subject to hydrolysis) is 1. The minimum atomic E-state index is -0.350. The monoisotopic (exact) mass is 364 g/mol. The van der Waals surface area contributed by atoms with E-state index in [4.69, 9.17) is 4.74 Å². The Kier molecular flexibility index (Phi) is 3.85. The predicted octanol–water partition coefficient (Wildman–Crippen LogP) is 3.43. The molecule has 2 amide bonds. The molecule has 2 aromatic carbocycles. The SMILES string of the molecule is O=C1NC2(CO1)CC(C(=O)N1CCC(c3ccc4ccccc4c3)CC1)C2.